The predicted octanol–water partition coefficient (Wildman–Crippen LogP) is 1.11. The number of nitrogens with one attached hydrogen (secondary N) is 2. The zero-order valence-corrected chi connectivity index (χ0v) is 14.1. The van der Waals surface area contributed by atoms with E-state index in [-0.39, 0.29) is 11.0 Å². The second kappa shape index (κ2) is 5.96. The molecule has 2 aliphatic heterocycles. The Morgan fingerprint density at radius 3 is 2.78 bits per heavy atom. The van der Waals surface area contributed by atoms with E-state index in [9.17, 15) is 4.79 Å². The molecule has 2 heterocycles. The lowest BCUT2D eigenvalue weighted by Gasteiger charge is -2.01. The van der Waals surface area contributed by atoms with Crippen molar-refractivity contribution in [1.82, 2.24) is 14.8 Å². The van der Waals surface area contributed by atoms with E-state index in [2.05, 4.69) is 23.9 Å². The fourth-order valence-electron chi connectivity index (χ4n) is 2.33. The summed E-state index contributed by atoms with van der Waals surface area (Å²) >= 11 is 1.38. The lowest BCUT2D eigenvalue weighted by atomic mass is 10.1. The number of aromatic amines is 1. The fourth-order valence-corrected chi connectivity index (χ4v) is 3.36. The summed E-state index contributed by atoms with van der Waals surface area (Å²) < 4.78 is 2.46. The quantitative estimate of drug-likeness (QED) is 0.740. The summed E-state index contributed by atoms with van der Waals surface area (Å²) in [6, 6.07) is 7.77. The summed E-state index contributed by atoms with van der Waals surface area (Å²) in [7, 11) is 0. The van der Waals surface area contributed by atoms with E-state index < -0.39 is 0 Å². The second-order valence-corrected chi connectivity index (χ2v) is 6.80. The van der Waals surface area contributed by atoms with Gasteiger partial charge in [0.2, 0.25) is 5.13 Å². The van der Waals surface area contributed by atoms with Gasteiger partial charge in [-0.25, -0.2) is 4.68 Å². The Morgan fingerprint density at radius 2 is 2.09 bits per heavy atom. The molecule has 0 atom stereocenters. The van der Waals surface area contributed by atoms with Crippen LogP contribution in [-0.4, -0.2) is 14.8 Å². The number of hydrogen-bond acceptors (Lipinski definition) is 4. The maximum absolute atomic E-state index is 12.3. The minimum atomic E-state index is -0.371. The molecule has 118 valence electrons. The third-order valence-electron chi connectivity index (χ3n) is 3.49. The molecule has 0 aromatic heterocycles. The Balaban J connectivity index is 2.32. The molecule has 0 saturated carbocycles. The molecule has 0 bridgehead atoms. The van der Waals surface area contributed by atoms with Gasteiger partial charge in [-0.05, 0) is 36.1 Å². The molecule has 1 aromatic carbocycles. The van der Waals surface area contributed by atoms with E-state index in [1.165, 1.54) is 11.3 Å². The molecule has 0 spiro atoms. The molecule has 5 nitrogen and oxygen atoms in total. The van der Waals surface area contributed by atoms with Gasteiger partial charge in [-0.15, -0.1) is 0 Å². The summed E-state index contributed by atoms with van der Waals surface area (Å²) in [5, 5.41) is 12.3. The molecule has 0 unspecified atom stereocenters. The number of aromatic nitrogens is 3. The molecular weight excluding hydrogens is 308 g/mol. The molecule has 0 aliphatic carbocycles. The van der Waals surface area contributed by atoms with Gasteiger partial charge in [0.1, 0.15) is 4.66 Å². The van der Waals surface area contributed by atoms with Gasteiger partial charge in [0.25, 0.3) is 5.56 Å². The van der Waals surface area contributed by atoms with Crippen molar-refractivity contribution < 1.29 is 0 Å². The zero-order chi connectivity index (χ0) is 16.6. The normalized spacial score (nSPS) is 13.4. The first kappa shape index (κ1) is 15.4. The highest BCUT2D eigenvalue weighted by atomic mass is 32.1. The maximum Gasteiger partial charge on any atom is 0.283 e. The first-order valence-electron chi connectivity index (χ1n) is 7.41. The van der Waals surface area contributed by atoms with Crippen LogP contribution in [0, 0.1) is 18.3 Å². The highest BCUT2D eigenvalue weighted by Crippen LogP contribution is 2.07. The minimum absolute atomic E-state index is 0.128. The number of H-pyrrole nitrogens is 1. The van der Waals surface area contributed by atoms with E-state index in [1.807, 2.05) is 37.3 Å². The van der Waals surface area contributed by atoms with Crippen molar-refractivity contribution in [2.75, 3.05) is 0 Å². The summed E-state index contributed by atoms with van der Waals surface area (Å²) in [6.45, 7) is 6.13. The fraction of sp³-hybridized carbons (Fsp3) is 0.235. The molecule has 0 radical (unpaired) electrons. The SMILES string of the molecule is Cc1ccccc1C=c1c(=O)nc2sc(=CC(C)C)[nH]n-2c1=N. The van der Waals surface area contributed by atoms with E-state index in [4.69, 9.17) is 5.41 Å². The Morgan fingerprint density at radius 1 is 1.35 bits per heavy atom. The molecule has 2 aliphatic rings. The smallest absolute Gasteiger partial charge is 0.282 e. The monoisotopic (exact) mass is 326 g/mol. The number of fused-ring (bicyclic) bond motifs is 1. The first-order chi connectivity index (χ1) is 11.0. The summed E-state index contributed by atoms with van der Waals surface area (Å²) in [5.41, 5.74) is 1.73. The molecule has 0 fully saturated rings. The van der Waals surface area contributed by atoms with Crippen molar-refractivity contribution >= 4 is 23.5 Å². The van der Waals surface area contributed by atoms with Crippen LogP contribution in [0.25, 0.3) is 17.3 Å². The standard InChI is InChI=1S/C17H18N4OS/c1-10(2)8-14-20-21-15(18)13(16(22)19-17(21)23-14)9-12-7-5-4-6-11(12)3/h4-10,18,20H,1-3H3. The minimum Gasteiger partial charge on any atom is -0.282 e. The van der Waals surface area contributed by atoms with Crippen LogP contribution in [0.2, 0.25) is 0 Å². The number of nitrogens with zero attached hydrogens (tertiary/aromatic N) is 2. The van der Waals surface area contributed by atoms with Crippen LogP contribution in [-0.2, 0) is 0 Å². The molecule has 6 heteroatoms. The zero-order valence-electron chi connectivity index (χ0n) is 13.3. The molecule has 0 amide bonds. The Labute approximate surface area is 137 Å². The lowest BCUT2D eigenvalue weighted by molar-refractivity contribution is 0.747. The van der Waals surface area contributed by atoms with Crippen LogP contribution >= 0.6 is 11.3 Å². The van der Waals surface area contributed by atoms with Crippen LogP contribution in [0.4, 0.5) is 0 Å². The van der Waals surface area contributed by atoms with Crippen LogP contribution in [0.5, 0.6) is 0 Å². The third-order valence-corrected chi connectivity index (χ3v) is 4.40. The van der Waals surface area contributed by atoms with Gasteiger partial charge >= 0.3 is 0 Å². The van der Waals surface area contributed by atoms with Crippen molar-refractivity contribution in [3.05, 3.63) is 61.1 Å². The lowest BCUT2D eigenvalue weighted by Crippen LogP contribution is -2.47. The van der Waals surface area contributed by atoms with Gasteiger partial charge in [-0.2, -0.15) is 4.98 Å². The van der Waals surface area contributed by atoms with E-state index in [1.54, 1.807) is 10.8 Å². The molecule has 2 N–H and O–H groups in total. The average Bonchev–Trinajstić information content (AvgIpc) is 2.87. The van der Waals surface area contributed by atoms with Gasteiger partial charge in [-0.1, -0.05) is 49.4 Å². The van der Waals surface area contributed by atoms with Crippen molar-refractivity contribution in [1.29, 1.82) is 5.41 Å². The summed E-state index contributed by atoms with van der Waals surface area (Å²) in [6.07, 6.45) is 3.78. The molecule has 1 aromatic rings. The van der Waals surface area contributed by atoms with E-state index in [0.29, 0.717) is 16.3 Å². The van der Waals surface area contributed by atoms with Crippen LogP contribution < -0.4 is 20.9 Å². The van der Waals surface area contributed by atoms with Crippen molar-refractivity contribution in [2.45, 2.75) is 20.8 Å². The van der Waals surface area contributed by atoms with Crippen molar-refractivity contribution in [2.24, 2.45) is 5.92 Å². The van der Waals surface area contributed by atoms with Gasteiger partial charge in [0.05, 0.1) is 5.22 Å². The maximum atomic E-state index is 12.3. The van der Waals surface area contributed by atoms with Crippen LogP contribution in [0.1, 0.15) is 25.0 Å². The van der Waals surface area contributed by atoms with Gasteiger partial charge in [0.15, 0.2) is 5.49 Å². The highest BCUT2D eigenvalue weighted by Gasteiger charge is 2.10. The average molecular weight is 326 g/mol. The van der Waals surface area contributed by atoms with E-state index in [0.717, 1.165) is 15.8 Å². The van der Waals surface area contributed by atoms with Gasteiger partial charge in [0, 0.05) is 0 Å². The number of hydrogen-bond donors (Lipinski definition) is 2. The van der Waals surface area contributed by atoms with Crippen molar-refractivity contribution in [3.63, 3.8) is 0 Å². The summed E-state index contributed by atoms with van der Waals surface area (Å²) in [4.78, 5) is 16.4. The van der Waals surface area contributed by atoms with Crippen molar-refractivity contribution in [3.8, 4) is 5.13 Å². The van der Waals surface area contributed by atoms with Gasteiger partial charge < -0.3 is 0 Å². The second-order valence-electron chi connectivity index (χ2n) is 5.79. The number of benzene rings is 1. The summed E-state index contributed by atoms with van der Waals surface area (Å²) in [5.74, 6) is 0.374. The molecule has 23 heavy (non-hydrogen) atoms. The van der Waals surface area contributed by atoms with Gasteiger partial charge in [-0.3, -0.25) is 15.3 Å². The molecule has 3 rings (SSSR count). The van der Waals surface area contributed by atoms with Crippen LogP contribution in [0.15, 0.2) is 29.1 Å². The Hall–Kier alpha value is -2.47. The molecular formula is C17H18N4OS. The highest BCUT2D eigenvalue weighted by molar-refractivity contribution is 7.11. The first-order valence-corrected chi connectivity index (χ1v) is 8.23. The van der Waals surface area contributed by atoms with E-state index >= 15 is 0 Å². The molecule has 0 saturated heterocycles. The Kier molecular flexibility index (Phi) is 4.00. The van der Waals surface area contributed by atoms with Crippen LogP contribution in [0.3, 0.4) is 0 Å². The largest absolute Gasteiger partial charge is 0.283 e. The third kappa shape index (κ3) is 3.03. The number of aryl methyl sites for hydroxylation is 1. The number of rotatable bonds is 2. The Bertz CT molecular complexity index is 1060. The topological polar surface area (TPSA) is 74.5 Å². The predicted molar refractivity (Wildman–Crippen MR) is 92.4 cm³/mol.